The fourth-order valence-electron chi connectivity index (χ4n) is 2.07. The highest BCUT2D eigenvalue weighted by Gasteiger charge is 2.44. The highest BCUT2D eigenvalue weighted by Crippen LogP contribution is 2.48. The largest absolute Gasteiger partial charge is 0.295 e. The highest BCUT2D eigenvalue weighted by molar-refractivity contribution is 9.10. The Bertz CT molecular complexity index is 569. The second kappa shape index (κ2) is 4.53. The Labute approximate surface area is 112 Å². The third-order valence-electron chi connectivity index (χ3n) is 3.06. The van der Waals surface area contributed by atoms with Gasteiger partial charge >= 0.3 is 0 Å². The Balaban J connectivity index is 1.65. The number of hydrogen-bond acceptors (Lipinski definition) is 3. The second-order valence-corrected chi connectivity index (χ2v) is 5.24. The molecule has 1 saturated carbocycles. The summed E-state index contributed by atoms with van der Waals surface area (Å²) in [5.41, 5.74) is 1.20. The van der Waals surface area contributed by atoms with Gasteiger partial charge in [-0.15, -0.1) is 0 Å². The lowest BCUT2D eigenvalue weighted by atomic mass is 10.1. The van der Waals surface area contributed by atoms with Crippen LogP contribution in [0.1, 0.15) is 17.9 Å². The van der Waals surface area contributed by atoms with Gasteiger partial charge in [0.2, 0.25) is 11.9 Å². The summed E-state index contributed by atoms with van der Waals surface area (Å²) in [6, 6.07) is 8.09. The van der Waals surface area contributed by atoms with Crippen molar-refractivity contribution in [1.29, 1.82) is 0 Å². The summed E-state index contributed by atoms with van der Waals surface area (Å²) in [5, 5.41) is 9.02. The van der Waals surface area contributed by atoms with Gasteiger partial charge in [-0.2, -0.15) is 10.1 Å². The number of nitrogens with zero attached hydrogens (tertiary/aromatic N) is 2. The first-order chi connectivity index (χ1) is 8.74. The number of rotatable bonds is 3. The van der Waals surface area contributed by atoms with E-state index in [0.29, 0.717) is 11.9 Å². The Morgan fingerprint density at radius 1 is 1.50 bits per heavy atom. The van der Waals surface area contributed by atoms with Crippen LogP contribution in [0.4, 0.5) is 5.95 Å². The summed E-state index contributed by atoms with van der Waals surface area (Å²) >= 11 is 3.44. The van der Waals surface area contributed by atoms with E-state index in [2.05, 4.69) is 48.6 Å². The maximum absolute atomic E-state index is 11.9. The molecule has 2 N–H and O–H groups in total. The van der Waals surface area contributed by atoms with E-state index in [9.17, 15) is 4.79 Å². The number of nitrogens with one attached hydrogen (secondary N) is 2. The second-order valence-electron chi connectivity index (χ2n) is 4.33. The summed E-state index contributed by atoms with van der Waals surface area (Å²) in [4.78, 5) is 15.8. The normalized spacial score (nSPS) is 21.6. The fourth-order valence-corrected chi connectivity index (χ4v) is 2.48. The van der Waals surface area contributed by atoms with Crippen LogP contribution in [-0.2, 0) is 4.79 Å². The lowest BCUT2D eigenvalue weighted by Crippen LogP contribution is -2.15. The molecule has 1 fully saturated rings. The van der Waals surface area contributed by atoms with Gasteiger partial charge in [0.1, 0.15) is 6.33 Å². The molecule has 1 aliphatic rings. The molecule has 0 aliphatic heterocycles. The Kier molecular flexibility index (Phi) is 2.87. The van der Waals surface area contributed by atoms with Crippen LogP contribution in [0.15, 0.2) is 35.1 Å². The Morgan fingerprint density at radius 2 is 2.39 bits per heavy atom. The number of halogens is 1. The zero-order chi connectivity index (χ0) is 12.5. The molecular weight excluding hydrogens is 296 g/mol. The van der Waals surface area contributed by atoms with E-state index < -0.39 is 0 Å². The van der Waals surface area contributed by atoms with Crippen LogP contribution in [0.3, 0.4) is 0 Å². The topological polar surface area (TPSA) is 70.7 Å². The van der Waals surface area contributed by atoms with E-state index in [0.717, 1.165) is 10.9 Å². The highest BCUT2D eigenvalue weighted by atomic mass is 79.9. The minimum atomic E-state index is -0.00303. The molecule has 2 unspecified atom stereocenters. The van der Waals surface area contributed by atoms with Crippen LogP contribution in [0.2, 0.25) is 0 Å². The summed E-state index contributed by atoms with van der Waals surface area (Å²) in [6.45, 7) is 0. The summed E-state index contributed by atoms with van der Waals surface area (Å²) in [7, 11) is 0. The van der Waals surface area contributed by atoms with Crippen molar-refractivity contribution in [3.8, 4) is 0 Å². The van der Waals surface area contributed by atoms with Gasteiger partial charge in [-0.05, 0) is 30.0 Å². The van der Waals surface area contributed by atoms with Crippen molar-refractivity contribution in [2.24, 2.45) is 5.92 Å². The fraction of sp³-hybridized carbons (Fsp3) is 0.250. The van der Waals surface area contributed by atoms with Crippen molar-refractivity contribution in [2.45, 2.75) is 12.3 Å². The van der Waals surface area contributed by atoms with Gasteiger partial charge in [-0.25, -0.2) is 5.10 Å². The number of carbonyl (C=O) groups excluding carboxylic acids is 1. The first-order valence-corrected chi connectivity index (χ1v) is 6.45. The maximum Gasteiger partial charge on any atom is 0.230 e. The van der Waals surface area contributed by atoms with Gasteiger partial charge in [0.05, 0.1) is 0 Å². The van der Waals surface area contributed by atoms with Gasteiger partial charge in [-0.3, -0.25) is 10.1 Å². The maximum atomic E-state index is 11.9. The molecular formula is C12H11BrN4O. The monoisotopic (exact) mass is 306 g/mol. The molecule has 5 nitrogen and oxygen atoms in total. The van der Waals surface area contributed by atoms with Crippen LogP contribution in [-0.4, -0.2) is 21.1 Å². The average molecular weight is 307 g/mol. The van der Waals surface area contributed by atoms with E-state index in [1.165, 1.54) is 11.9 Å². The lowest BCUT2D eigenvalue weighted by Gasteiger charge is -2.02. The molecule has 0 spiro atoms. The number of H-pyrrole nitrogens is 1. The standard InChI is InChI=1S/C12H11BrN4O/c13-8-3-1-2-7(4-8)9-5-10(9)11(18)16-12-14-6-15-17-12/h1-4,6,9-10H,5H2,(H2,14,15,16,17,18). The summed E-state index contributed by atoms with van der Waals surface area (Å²) in [6.07, 6.45) is 2.25. The van der Waals surface area contributed by atoms with Crippen molar-refractivity contribution in [3.63, 3.8) is 0 Å². The van der Waals surface area contributed by atoms with Crippen LogP contribution < -0.4 is 5.32 Å². The third-order valence-corrected chi connectivity index (χ3v) is 3.55. The summed E-state index contributed by atoms with van der Waals surface area (Å²) in [5.74, 6) is 0.742. The van der Waals surface area contributed by atoms with Gasteiger partial charge in [0.25, 0.3) is 0 Å². The Hall–Kier alpha value is -1.69. The molecule has 0 bridgehead atoms. The van der Waals surface area contributed by atoms with Crippen LogP contribution >= 0.6 is 15.9 Å². The smallest absolute Gasteiger partial charge is 0.230 e. The lowest BCUT2D eigenvalue weighted by molar-refractivity contribution is -0.117. The van der Waals surface area contributed by atoms with Crippen LogP contribution in [0.25, 0.3) is 0 Å². The van der Waals surface area contributed by atoms with Crippen molar-refractivity contribution >= 4 is 27.8 Å². The average Bonchev–Trinajstić information content (AvgIpc) is 3.01. The van der Waals surface area contributed by atoms with Crippen LogP contribution in [0.5, 0.6) is 0 Å². The molecule has 1 aromatic carbocycles. The van der Waals surface area contributed by atoms with Gasteiger partial charge in [-0.1, -0.05) is 28.1 Å². The Morgan fingerprint density at radius 3 is 3.11 bits per heavy atom. The van der Waals surface area contributed by atoms with Gasteiger partial charge in [0.15, 0.2) is 0 Å². The number of anilines is 1. The molecule has 1 aromatic heterocycles. The first-order valence-electron chi connectivity index (χ1n) is 5.66. The molecule has 18 heavy (non-hydrogen) atoms. The predicted molar refractivity (Wildman–Crippen MR) is 70.0 cm³/mol. The van der Waals surface area contributed by atoms with Crippen molar-refractivity contribution < 1.29 is 4.79 Å². The molecule has 92 valence electrons. The minimum Gasteiger partial charge on any atom is -0.295 e. The molecule has 1 amide bonds. The third kappa shape index (κ3) is 2.28. The molecule has 2 aromatic rings. The predicted octanol–water partition coefficient (Wildman–Crippen LogP) is 2.31. The van der Waals surface area contributed by atoms with E-state index in [4.69, 9.17) is 0 Å². The minimum absolute atomic E-state index is 0.00303. The number of carbonyl (C=O) groups is 1. The molecule has 0 saturated heterocycles. The zero-order valence-corrected chi connectivity index (χ0v) is 11.0. The van der Waals surface area contributed by atoms with E-state index in [1.54, 1.807) is 0 Å². The number of amides is 1. The van der Waals surface area contributed by atoms with Crippen molar-refractivity contribution in [2.75, 3.05) is 5.32 Å². The molecule has 6 heteroatoms. The molecule has 2 atom stereocenters. The molecule has 1 heterocycles. The molecule has 0 radical (unpaired) electrons. The summed E-state index contributed by atoms with van der Waals surface area (Å²) < 4.78 is 1.04. The number of aromatic nitrogens is 3. The molecule has 3 rings (SSSR count). The van der Waals surface area contributed by atoms with Gasteiger partial charge in [0, 0.05) is 10.4 Å². The van der Waals surface area contributed by atoms with Crippen molar-refractivity contribution in [1.82, 2.24) is 15.2 Å². The van der Waals surface area contributed by atoms with E-state index in [1.807, 2.05) is 12.1 Å². The SMILES string of the molecule is O=C(Nc1ncn[nH]1)C1CC1c1cccc(Br)c1. The number of benzene rings is 1. The zero-order valence-electron chi connectivity index (χ0n) is 9.43. The number of hydrogen-bond donors (Lipinski definition) is 2. The van der Waals surface area contributed by atoms with Crippen LogP contribution in [0, 0.1) is 5.92 Å². The van der Waals surface area contributed by atoms with Crippen molar-refractivity contribution in [3.05, 3.63) is 40.6 Å². The van der Waals surface area contributed by atoms with E-state index >= 15 is 0 Å². The molecule has 1 aliphatic carbocycles. The number of aromatic amines is 1. The van der Waals surface area contributed by atoms with E-state index in [-0.39, 0.29) is 11.8 Å². The quantitative estimate of drug-likeness (QED) is 0.914. The van der Waals surface area contributed by atoms with Gasteiger partial charge < -0.3 is 0 Å². The first kappa shape index (κ1) is 11.4.